The summed E-state index contributed by atoms with van der Waals surface area (Å²) in [4.78, 5) is 4.76. The van der Waals surface area contributed by atoms with Gasteiger partial charge in [-0.2, -0.15) is 10.4 Å². The van der Waals surface area contributed by atoms with Gasteiger partial charge in [0.2, 0.25) is 0 Å². The summed E-state index contributed by atoms with van der Waals surface area (Å²) in [6.07, 6.45) is 0.242. The van der Waals surface area contributed by atoms with Crippen molar-refractivity contribution in [3.05, 3.63) is 69.6 Å². The van der Waals surface area contributed by atoms with Gasteiger partial charge in [0.15, 0.2) is 5.82 Å². The first-order chi connectivity index (χ1) is 15.2. The molecule has 0 saturated heterocycles. The van der Waals surface area contributed by atoms with Gasteiger partial charge in [0, 0.05) is 17.1 Å². The number of benzene rings is 2. The van der Waals surface area contributed by atoms with Gasteiger partial charge in [-0.3, -0.25) is 9.24 Å². The van der Waals surface area contributed by atoms with Gasteiger partial charge >= 0.3 is 0 Å². The summed E-state index contributed by atoms with van der Waals surface area (Å²) < 4.78 is 32.2. The van der Waals surface area contributed by atoms with E-state index in [1.54, 1.807) is 35.5 Å². The Hall–Kier alpha value is -2.95. The van der Waals surface area contributed by atoms with Crippen LogP contribution in [-0.2, 0) is 11.1 Å². The van der Waals surface area contributed by atoms with E-state index in [0.717, 1.165) is 10.0 Å². The molecule has 0 bridgehead atoms. The zero-order valence-electron chi connectivity index (χ0n) is 17.8. The molecule has 7 nitrogen and oxygen atoms in total. The number of hydrogen-bond acceptors (Lipinski definition) is 4. The number of nitrogens with zero attached hydrogens (tertiary/aromatic N) is 5. The number of rotatable bonds is 5. The molecule has 4 rings (SSSR count). The van der Waals surface area contributed by atoms with Crippen LogP contribution in [0.15, 0.2) is 51.9 Å². The van der Waals surface area contributed by atoms with E-state index in [2.05, 4.69) is 32.2 Å². The fraction of sp³-hybridized carbons (Fsp3) is 0.227. The van der Waals surface area contributed by atoms with E-state index in [9.17, 15) is 8.96 Å². The van der Waals surface area contributed by atoms with Crippen molar-refractivity contribution in [2.24, 2.45) is 4.99 Å². The third-order valence-electron chi connectivity index (χ3n) is 5.25. The summed E-state index contributed by atoms with van der Waals surface area (Å²) in [6.45, 7) is 4.08. The van der Waals surface area contributed by atoms with Gasteiger partial charge in [0.25, 0.3) is 7.44 Å². The Balaban J connectivity index is 1.91. The number of aryl methyl sites for hydroxylation is 3. The van der Waals surface area contributed by atoms with E-state index in [0.29, 0.717) is 40.4 Å². The van der Waals surface area contributed by atoms with Gasteiger partial charge < -0.3 is 5.09 Å². The molecular weight excluding hydrogens is 494 g/mol. The SMILES string of the molecule is Cc1ccc(N[P@]2(=O)c3c(C)nn(CCC#N)c3N=C(c3ccc(F)cc3)N2C)c(Br)c1. The van der Waals surface area contributed by atoms with Crippen LogP contribution in [0.4, 0.5) is 15.9 Å². The Kier molecular flexibility index (Phi) is 5.93. The molecule has 32 heavy (non-hydrogen) atoms. The van der Waals surface area contributed by atoms with Gasteiger partial charge in [-0.1, -0.05) is 6.07 Å². The fourth-order valence-corrected chi connectivity index (χ4v) is 6.82. The number of nitriles is 1. The molecule has 0 spiro atoms. The smallest absolute Gasteiger partial charge is 0.296 e. The lowest BCUT2D eigenvalue weighted by molar-refractivity contribution is 0.553. The third-order valence-corrected chi connectivity index (χ3v) is 8.61. The highest BCUT2D eigenvalue weighted by atomic mass is 79.9. The first kappa shape index (κ1) is 22.3. The maximum atomic E-state index is 14.7. The molecule has 0 aliphatic carbocycles. The Bertz CT molecular complexity index is 1310. The van der Waals surface area contributed by atoms with Crippen LogP contribution < -0.4 is 10.4 Å². The number of nitrogens with one attached hydrogen (secondary N) is 1. The standard InChI is InChI=1S/C22H21BrFN6OP/c1-14-5-10-19(18(23)13-14)28-32(31)20-15(2)27-30(12-4-11-25)22(20)26-21(29(32)3)16-6-8-17(24)9-7-16/h5-10,13H,4,12H2,1-3H3,(H,28,31)/t32-/m1/s1. The minimum Gasteiger partial charge on any atom is -0.316 e. The predicted octanol–water partition coefficient (Wildman–Crippen LogP) is 5.27. The van der Waals surface area contributed by atoms with Crippen molar-refractivity contribution in [2.45, 2.75) is 26.8 Å². The molecule has 0 amide bonds. The van der Waals surface area contributed by atoms with Crippen LogP contribution in [0.2, 0.25) is 0 Å². The minimum absolute atomic E-state index is 0.242. The van der Waals surface area contributed by atoms with Crippen molar-refractivity contribution in [1.29, 1.82) is 5.26 Å². The number of amidine groups is 1. The van der Waals surface area contributed by atoms with Gasteiger partial charge in [-0.05, 0) is 71.7 Å². The van der Waals surface area contributed by atoms with Crippen LogP contribution in [0, 0.1) is 31.0 Å². The number of aromatic nitrogens is 2. The van der Waals surface area contributed by atoms with Crippen molar-refractivity contribution in [2.75, 3.05) is 12.1 Å². The zero-order chi connectivity index (χ0) is 23.0. The second-order valence-electron chi connectivity index (χ2n) is 7.53. The fourth-order valence-electron chi connectivity index (χ4n) is 3.65. The van der Waals surface area contributed by atoms with Crippen molar-refractivity contribution in [3.8, 4) is 6.07 Å². The van der Waals surface area contributed by atoms with E-state index < -0.39 is 7.44 Å². The molecule has 2 heterocycles. The molecule has 0 radical (unpaired) electrons. The molecular formula is C22H21BrFN6OP. The lowest BCUT2D eigenvalue weighted by Crippen LogP contribution is -2.36. The van der Waals surface area contributed by atoms with E-state index in [4.69, 9.17) is 10.3 Å². The van der Waals surface area contributed by atoms with Crippen LogP contribution in [0.1, 0.15) is 23.2 Å². The van der Waals surface area contributed by atoms with E-state index in [-0.39, 0.29) is 12.2 Å². The highest BCUT2D eigenvalue weighted by Crippen LogP contribution is 2.54. The highest BCUT2D eigenvalue weighted by molar-refractivity contribution is 9.10. The lowest BCUT2D eigenvalue weighted by Gasteiger charge is -2.35. The summed E-state index contributed by atoms with van der Waals surface area (Å²) in [7, 11) is -1.78. The van der Waals surface area contributed by atoms with Crippen LogP contribution in [0.5, 0.6) is 0 Å². The zero-order valence-corrected chi connectivity index (χ0v) is 20.3. The van der Waals surface area contributed by atoms with Crippen LogP contribution in [0.25, 0.3) is 0 Å². The molecule has 2 aromatic carbocycles. The second kappa shape index (κ2) is 8.53. The average Bonchev–Trinajstić information content (AvgIpc) is 3.08. The van der Waals surface area contributed by atoms with Gasteiger partial charge in [-0.15, -0.1) is 0 Å². The Morgan fingerprint density at radius 1 is 1.22 bits per heavy atom. The Labute approximate surface area is 194 Å². The Morgan fingerprint density at radius 2 is 1.94 bits per heavy atom. The molecule has 1 N–H and O–H groups in total. The molecule has 0 fully saturated rings. The number of halogens is 2. The number of aliphatic imine (C=N–C) groups is 1. The maximum Gasteiger partial charge on any atom is 0.296 e. The second-order valence-corrected chi connectivity index (χ2v) is 10.8. The summed E-state index contributed by atoms with van der Waals surface area (Å²) in [5.41, 5.74) is 2.93. The highest BCUT2D eigenvalue weighted by Gasteiger charge is 2.43. The van der Waals surface area contributed by atoms with Crippen molar-refractivity contribution in [3.63, 3.8) is 0 Å². The van der Waals surface area contributed by atoms with Gasteiger partial charge in [-0.25, -0.2) is 14.1 Å². The summed E-state index contributed by atoms with van der Waals surface area (Å²) in [6, 6.07) is 13.7. The maximum absolute atomic E-state index is 14.7. The first-order valence-electron chi connectivity index (χ1n) is 9.93. The van der Waals surface area contributed by atoms with Crippen LogP contribution in [-0.4, -0.2) is 27.3 Å². The Morgan fingerprint density at radius 3 is 2.59 bits per heavy atom. The molecule has 10 heteroatoms. The first-order valence-corrected chi connectivity index (χ1v) is 12.4. The van der Waals surface area contributed by atoms with E-state index >= 15 is 0 Å². The average molecular weight is 515 g/mol. The van der Waals surface area contributed by atoms with Gasteiger partial charge in [0.05, 0.1) is 30.4 Å². The van der Waals surface area contributed by atoms with Crippen LogP contribution in [0.3, 0.4) is 0 Å². The van der Waals surface area contributed by atoms with Crippen molar-refractivity contribution >= 4 is 46.0 Å². The monoisotopic (exact) mass is 514 g/mol. The normalized spacial score (nSPS) is 17.5. The minimum atomic E-state index is -3.48. The third kappa shape index (κ3) is 3.85. The lowest BCUT2D eigenvalue weighted by atomic mass is 10.2. The molecule has 1 atom stereocenters. The van der Waals surface area contributed by atoms with E-state index in [1.807, 2.05) is 25.1 Å². The largest absolute Gasteiger partial charge is 0.316 e. The number of anilines is 1. The van der Waals surface area contributed by atoms with E-state index in [1.165, 1.54) is 12.1 Å². The van der Waals surface area contributed by atoms with Crippen molar-refractivity contribution < 1.29 is 8.96 Å². The molecule has 1 aromatic heterocycles. The molecule has 164 valence electrons. The predicted molar refractivity (Wildman–Crippen MR) is 127 cm³/mol. The summed E-state index contributed by atoms with van der Waals surface area (Å²) >= 11 is 3.55. The van der Waals surface area contributed by atoms with Crippen LogP contribution >= 0.6 is 23.4 Å². The summed E-state index contributed by atoms with van der Waals surface area (Å²) in [5, 5.41) is 17.3. The molecule has 1 aliphatic heterocycles. The topological polar surface area (TPSA) is 86.3 Å². The van der Waals surface area contributed by atoms with Gasteiger partial charge in [0.1, 0.15) is 17.0 Å². The molecule has 1 aliphatic rings. The number of fused-ring (bicyclic) bond motifs is 1. The summed E-state index contributed by atoms with van der Waals surface area (Å²) in [5.74, 6) is 0.497. The molecule has 0 saturated carbocycles. The molecule has 3 aromatic rings. The quantitative estimate of drug-likeness (QED) is 0.468. The molecule has 0 unspecified atom stereocenters. The number of hydrogen-bond donors (Lipinski definition) is 1. The van der Waals surface area contributed by atoms with Crippen molar-refractivity contribution in [1.82, 2.24) is 14.5 Å².